The van der Waals surface area contributed by atoms with Crippen molar-refractivity contribution in [3.05, 3.63) is 75.4 Å². The van der Waals surface area contributed by atoms with Crippen LogP contribution in [-0.4, -0.2) is 25.7 Å². The molecule has 0 unspecified atom stereocenters. The van der Waals surface area contributed by atoms with Gasteiger partial charge in [0.2, 0.25) is 0 Å². The van der Waals surface area contributed by atoms with Gasteiger partial charge in [-0.15, -0.1) is 21.5 Å². The molecule has 0 saturated heterocycles. The van der Waals surface area contributed by atoms with Crippen LogP contribution in [0.1, 0.15) is 27.1 Å². The number of carbonyl (C=O) groups excluding carboxylic acids is 1. The number of benzene rings is 1. The second kappa shape index (κ2) is 8.81. The Morgan fingerprint density at radius 2 is 2.21 bits per heavy atom. The van der Waals surface area contributed by atoms with E-state index in [2.05, 4.69) is 20.5 Å². The summed E-state index contributed by atoms with van der Waals surface area (Å²) in [7, 11) is 0. The molecule has 3 aromatic heterocycles. The van der Waals surface area contributed by atoms with E-state index in [1.54, 1.807) is 23.8 Å². The Kier molecular flexibility index (Phi) is 5.98. The normalized spacial score (nSPS) is 11.0. The minimum Gasteiger partial charge on any atom is -0.467 e. The number of aryl methyl sites for hydroxylation is 1. The standard InChI is InChI=1S/C19H16ClN5O2S2/c1-12-23-24-19(25(12)14-5-2-4-13(20)8-14)29-11-17-22-16(10-28-17)18(26)21-9-15-6-3-7-27-15/h2-8,10H,9,11H2,1H3,(H,21,26). The Labute approximate surface area is 180 Å². The van der Waals surface area contributed by atoms with Crippen LogP contribution >= 0.6 is 34.7 Å². The number of nitrogens with zero attached hydrogens (tertiary/aromatic N) is 4. The van der Waals surface area contributed by atoms with Gasteiger partial charge >= 0.3 is 0 Å². The Balaban J connectivity index is 1.41. The zero-order chi connectivity index (χ0) is 20.2. The van der Waals surface area contributed by atoms with Gasteiger partial charge in [0.1, 0.15) is 22.3 Å². The van der Waals surface area contributed by atoms with Gasteiger partial charge in [-0.05, 0) is 37.3 Å². The average molecular weight is 446 g/mol. The second-order valence-electron chi connectivity index (χ2n) is 6.02. The minimum absolute atomic E-state index is 0.230. The lowest BCUT2D eigenvalue weighted by Crippen LogP contribution is -2.22. The molecule has 148 valence electrons. The van der Waals surface area contributed by atoms with Crippen molar-refractivity contribution in [2.24, 2.45) is 0 Å². The van der Waals surface area contributed by atoms with Crippen molar-refractivity contribution in [2.75, 3.05) is 0 Å². The van der Waals surface area contributed by atoms with E-state index in [0.717, 1.165) is 21.7 Å². The summed E-state index contributed by atoms with van der Waals surface area (Å²) in [6.07, 6.45) is 1.57. The highest BCUT2D eigenvalue weighted by Crippen LogP contribution is 2.27. The lowest BCUT2D eigenvalue weighted by molar-refractivity contribution is 0.0943. The monoisotopic (exact) mass is 445 g/mol. The molecule has 0 aliphatic carbocycles. The Morgan fingerprint density at radius 3 is 3.00 bits per heavy atom. The van der Waals surface area contributed by atoms with Gasteiger partial charge in [0.05, 0.1) is 24.2 Å². The van der Waals surface area contributed by atoms with Gasteiger partial charge in [-0.2, -0.15) is 0 Å². The van der Waals surface area contributed by atoms with Crippen molar-refractivity contribution in [3.63, 3.8) is 0 Å². The van der Waals surface area contributed by atoms with Crippen molar-refractivity contribution in [1.29, 1.82) is 0 Å². The van der Waals surface area contributed by atoms with E-state index in [-0.39, 0.29) is 5.91 Å². The third-order valence-corrected chi connectivity index (χ3v) is 6.18. The molecule has 0 aliphatic rings. The van der Waals surface area contributed by atoms with Gasteiger partial charge in [0.15, 0.2) is 5.16 Å². The number of thiazole rings is 1. The predicted octanol–water partition coefficient (Wildman–Crippen LogP) is 4.50. The van der Waals surface area contributed by atoms with E-state index in [0.29, 0.717) is 28.8 Å². The van der Waals surface area contributed by atoms with Crippen LogP contribution in [0.25, 0.3) is 5.69 Å². The summed E-state index contributed by atoms with van der Waals surface area (Å²) >= 11 is 9.06. The molecule has 0 atom stereocenters. The molecule has 0 aliphatic heterocycles. The molecule has 1 N–H and O–H groups in total. The van der Waals surface area contributed by atoms with Crippen molar-refractivity contribution in [2.45, 2.75) is 24.4 Å². The van der Waals surface area contributed by atoms with E-state index < -0.39 is 0 Å². The fourth-order valence-electron chi connectivity index (χ4n) is 2.63. The van der Waals surface area contributed by atoms with Crippen LogP contribution in [0.15, 0.2) is 57.6 Å². The number of aromatic nitrogens is 4. The van der Waals surface area contributed by atoms with Crippen LogP contribution in [0.3, 0.4) is 0 Å². The van der Waals surface area contributed by atoms with Gasteiger partial charge in [-0.25, -0.2) is 4.98 Å². The molecule has 7 nitrogen and oxygen atoms in total. The van der Waals surface area contributed by atoms with E-state index in [1.165, 1.54) is 23.1 Å². The molecular formula is C19H16ClN5O2S2. The van der Waals surface area contributed by atoms with Crippen LogP contribution < -0.4 is 5.32 Å². The number of carbonyl (C=O) groups is 1. The first-order chi connectivity index (χ1) is 14.1. The summed E-state index contributed by atoms with van der Waals surface area (Å²) in [6, 6.07) is 11.1. The van der Waals surface area contributed by atoms with E-state index in [9.17, 15) is 4.79 Å². The molecule has 1 amide bonds. The maximum Gasteiger partial charge on any atom is 0.271 e. The molecule has 0 radical (unpaired) electrons. The maximum atomic E-state index is 12.2. The van der Waals surface area contributed by atoms with Gasteiger partial charge in [-0.1, -0.05) is 29.4 Å². The third kappa shape index (κ3) is 4.69. The van der Waals surface area contributed by atoms with Crippen LogP contribution in [-0.2, 0) is 12.3 Å². The number of rotatable bonds is 7. The summed E-state index contributed by atoms with van der Waals surface area (Å²) in [5, 5.41) is 15.2. The molecule has 0 bridgehead atoms. The van der Waals surface area contributed by atoms with E-state index in [1.807, 2.05) is 35.8 Å². The second-order valence-corrected chi connectivity index (χ2v) is 8.34. The average Bonchev–Trinajstić information content (AvgIpc) is 3.46. The summed E-state index contributed by atoms with van der Waals surface area (Å²) < 4.78 is 7.16. The van der Waals surface area contributed by atoms with Crippen LogP contribution in [0.2, 0.25) is 5.02 Å². The van der Waals surface area contributed by atoms with Crippen molar-refractivity contribution in [1.82, 2.24) is 25.1 Å². The minimum atomic E-state index is -0.230. The van der Waals surface area contributed by atoms with Crippen molar-refractivity contribution < 1.29 is 9.21 Å². The summed E-state index contributed by atoms with van der Waals surface area (Å²) in [6.45, 7) is 2.22. The molecule has 1 aromatic carbocycles. The van der Waals surface area contributed by atoms with E-state index in [4.69, 9.17) is 16.0 Å². The first-order valence-corrected chi connectivity index (χ1v) is 10.9. The molecule has 0 saturated carbocycles. The van der Waals surface area contributed by atoms with E-state index >= 15 is 0 Å². The van der Waals surface area contributed by atoms with Gasteiger partial charge in [-0.3, -0.25) is 9.36 Å². The summed E-state index contributed by atoms with van der Waals surface area (Å²) in [4.78, 5) is 16.7. The molecule has 10 heteroatoms. The number of amides is 1. The largest absolute Gasteiger partial charge is 0.467 e. The Hall–Kier alpha value is -2.62. The molecular weight excluding hydrogens is 430 g/mol. The first-order valence-electron chi connectivity index (χ1n) is 8.66. The Bertz CT molecular complexity index is 1120. The van der Waals surface area contributed by atoms with Crippen LogP contribution in [0.5, 0.6) is 0 Å². The molecule has 29 heavy (non-hydrogen) atoms. The maximum absolute atomic E-state index is 12.2. The number of nitrogens with one attached hydrogen (secondary N) is 1. The number of thioether (sulfide) groups is 1. The van der Waals surface area contributed by atoms with Crippen molar-refractivity contribution >= 4 is 40.6 Å². The predicted molar refractivity (Wildman–Crippen MR) is 113 cm³/mol. The molecule has 0 fully saturated rings. The molecule has 4 aromatic rings. The summed E-state index contributed by atoms with van der Waals surface area (Å²) in [5.74, 6) is 1.81. The molecule has 3 heterocycles. The first kappa shape index (κ1) is 19.7. The lowest BCUT2D eigenvalue weighted by atomic mass is 10.3. The van der Waals surface area contributed by atoms with Gasteiger partial charge in [0.25, 0.3) is 5.91 Å². The highest BCUT2D eigenvalue weighted by Gasteiger charge is 2.15. The number of hydrogen-bond acceptors (Lipinski definition) is 7. The quantitative estimate of drug-likeness (QED) is 0.421. The van der Waals surface area contributed by atoms with Crippen molar-refractivity contribution in [3.8, 4) is 5.69 Å². The zero-order valence-corrected chi connectivity index (χ0v) is 17.7. The molecule has 4 rings (SSSR count). The highest BCUT2D eigenvalue weighted by atomic mass is 35.5. The van der Waals surface area contributed by atoms with Crippen LogP contribution in [0, 0.1) is 6.92 Å². The smallest absolute Gasteiger partial charge is 0.271 e. The number of halogens is 1. The van der Waals surface area contributed by atoms with Gasteiger partial charge < -0.3 is 9.73 Å². The number of furan rings is 1. The topological polar surface area (TPSA) is 85.8 Å². The fourth-order valence-corrected chi connectivity index (χ4v) is 4.60. The van der Waals surface area contributed by atoms with Gasteiger partial charge in [0, 0.05) is 10.4 Å². The third-order valence-electron chi connectivity index (χ3n) is 3.97. The zero-order valence-electron chi connectivity index (χ0n) is 15.3. The SMILES string of the molecule is Cc1nnc(SCc2nc(C(=O)NCc3ccco3)cs2)n1-c1cccc(Cl)c1. The fraction of sp³-hybridized carbons (Fsp3) is 0.158. The lowest BCUT2D eigenvalue weighted by Gasteiger charge is -2.08. The van der Waals surface area contributed by atoms with Crippen LogP contribution in [0.4, 0.5) is 0 Å². The highest BCUT2D eigenvalue weighted by molar-refractivity contribution is 7.98. The molecule has 0 spiro atoms. The Morgan fingerprint density at radius 1 is 1.31 bits per heavy atom. The number of hydrogen-bond donors (Lipinski definition) is 1. The summed E-state index contributed by atoms with van der Waals surface area (Å²) in [5.41, 5.74) is 1.30.